The number of halogens is 1. The molecule has 2 aromatic rings. The van der Waals surface area contributed by atoms with Crippen LogP contribution in [0.25, 0.3) is 0 Å². The third kappa shape index (κ3) is 3.81. The van der Waals surface area contributed by atoms with Gasteiger partial charge in [0.15, 0.2) is 0 Å². The van der Waals surface area contributed by atoms with E-state index in [1.165, 1.54) is 31.4 Å². The number of hydrogen-bond donors (Lipinski definition) is 2. The molecular formula is C17H16ClNO4. The quantitative estimate of drug-likeness (QED) is 0.837. The molecule has 0 saturated heterocycles. The van der Waals surface area contributed by atoms with Gasteiger partial charge in [-0.3, -0.25) is 4.79 Å². The predicted molar refractivity (Wildman–Crippen MR) is 88.2 cm³/mol. The number of methoxy groups -OCH3 is 1. The Kier molecular flexibility index (Phi) is 5.24. The van der Waals surface area contributed by atoms with Crippen molar-refractivity contribution in [3.8, 4) is 5.75 Å². The Morgan fingerprint density at radius 3 is 2.57 bits per heavy atom. The van der Waals surface area contributed by atoms with Crippen LogP contribution in [0.5, 0.6) is 5.75 Å². The summed E-state index contributed by atoms with van der Waals surface area (Å²) in [4.78, 5) is 23.7. The Bertz CT molecular complexity index is 758. The number of aromatic hydroxyl groups is 1. The molecule has 0 aromatic heterocycles. The average Bonchev–Trinajstić information content (AvgIpc) is 2.56. The van der Waals surface area contributed by atoms with Crippen LogP contribution in [0, 0.1) is 0 Å². The molecule has 120 valence electrons. The van der Waals surface area contributed by atoms with Gasteiger partial charge in [-0.1, -0.05) is 24.6 Å². The lowest BCUT2D eigenvalue weighted by Gasteiger charge is -2.10. The van der Waals surface area contributed by atoms with Gasteiger partial charge in [0.25, 0.3) is 5.91 Å². The predicted octanol–water partition coefficient (Wildman–Crippen LogP) is 3.65. The van der Waals surface area contributed by atoms with Crippen molar-refractivity contribution in [2.75, 3.05) is 12.4 Å². The van der Waals surface area contributed by atoms with Crippen molar-refractivity contribution < 1.29 is 19.4 Å². The summed E-state index contributed by atoms with van der Waals surface area (Å²) in [5.41, 5.74) is 1.72. The minimum Gasteiger partial charge on any atom is -0.507 e. The second-order valence-electron chi connectivity index (χ2n) is 4.85. The monoisotopic (exact) mass is 333 g/mol. The molecule has 0 fully saturated rings. The zero-order valence-electron chi connectivity index (χ0n) is 12.7. The Morgan fingerprint density at radius 2 is 1.96 bits per heavy atom. The first-order valence-electron chi connectivity index (χ1n) is 6.97. The van der Waals surface area contributed by atoms with Gasteiger partial charge in [-0.05, 0) is 42.3 Å². The summed E-state index contributed by atoms with van der Waals surface area (Å²) < 4.78 is 4.60. The van der Waals surface area contributed by atoms with E-state index in [0.717, 1.165) is 12.0 Å². The zero-order valence-corrected chi connectivity index (χ0v) is 13.5. The van der Waals surface area contributed by atoms with Crippen LogP contribution >= 0.6 is 11.6 Å². The highest BCUT2D eigenvalue weighted by Gasteiger charge is 2.15. The van der Waals surface area contributed by atoms with E-state index >= 15 is 0 Å². The largest absolute Gasteiger partial charge is 0.507 e. The number of nitrogens with one attached hydrogen (secondary N) is 1. The standard InChI is InChI=1S/C17H16ClNO4/c1-3-10-4-7-15(20)12(8-10)16(21)19-14-6-5-11(9-13(14)18)17(22)23-2/h4-9,20H,3H2,1-2H3,(H,19,21). The highest BCUT2D eigenvalue weighted by Crippen LogP contribution is 2.26. The summed E-state index contributed by atoms with van der Waals surface area (Å²) in [6, 6.07) is 9.27. The maximum absolute atomic E-state index is 12.3. The molecule has 2 aromatic carbocycles. The minimum absolute atomic E-state index is 0.109. The van der Waals surface area contributed by atoms with Gasteiger partial charge in [0.05, 0.1) is 28.9 Å². The van der Waals surface area contributed by atoms with Gasteiger partial charge in [0.1, 0.15) is 5.75 Å². The number of amides is 1. The fourth-order valence-electron chi connectivity index (χ4n) is 2.04. The third-order valence-electron chi connectivity index (χ3n) is 3.35. The highest BCUT2D eigenvalue weighted by molar-refractivity contribution is 6.34. The fraction of sp³-hybridized carbons (Fsp3) is 0.176. The number of esters is 1. The number of benzene rings is 2. The van der Waals surface area contributed by atoms with Crippen LogP contribution in [0.2, 0.25) is 5.02 Å². The van der Waals surface area contributed by atoms with Crippen LogP contribution in [0.15, 0.2) is 36.4 Å². The molecule has 2 N–H and O–H groups in total. The number of rotatable bonds is 4. The van der Waals surface area contributed by atoms with E-state index in [2.05, 4.69) is 10.1 Å². The molecule has 6 heteroatoms. The van der Waals surface area contributed by atoms with Gasteiger partial charge in [0, 0.05) is 0 Å². The van der Waals surface area contributed by atoms with Crippen molar-refractivity contribution in [1.82, 2.24) is 0 Å². The van der Waals surface area contributed by atoms with Crippen LogP contribution in [0.1, 0.15) is 33.2 Å². The highest BCUT2D eigenvalue weighted by atomic mass is 35.5. The molecule has 5 nitrogen and oxygen atoms in total. The maximum atomic E-state index is 12.3. The summed E-state index contributed by atoms with van der Waals surface area (Å²) in [5, 5.41) is 12.7. The van der Waals surface area contributed by atoms with E-state index < -0.39 is 11.9 Å². The number of aryl methyl sites for hydroxylation is 1. The summed E-state index contributed by atoms with van der Waals surface area (Å²) in [6.07, 6.45) is 0.745. The molecule has 0 aliphatic rings. The molecule has 0 aliphatic heterocycles. The van der Waals surface area contributed by atoms with E-state index in [1.54, 1.807) is 12.1 Å². The van der Waals surface area contributed by atoms with Gasteiger partial charge in [-0.2, -0.15) is 0 Å². The lowest BCUT2D eigenvalue weighted by Crippen LogP contribution is -2.13. The molecule has 23 heavy (non-hydrogen) atoms. The molecule has 1 amide bonds. The van der Waals surface area contributed by atoms with Crippen molar-refractivity contribution >= 4 is 29.2 Å². The molecular weight excluding hydrogens is 318 g/mol. The lowest BCUT2D eigenvalue weighted by molar-refractivity contribution is 0.0600. The first-order chi connectivity index (χ1) is 11.0. The number of carbonyl (C=O) groups is 2. The Morgan fingerprint density at radius 1 is 1.22 bits per heavy atom. The van der Waals surface area contributed by atoms with Gasteiger partial charge in [-0.15, -0.1) is 0 Å². The average molecular weight is 334 g/mol. The smallest absolute Gasteiger partial charge is 0.337 e. The van der Waals surface area contributed by atoms with Gasteiger partial charge in [-0.25, -0.2) is 4.79 Å². The van der Waals surface area contributed by atoms with Crippen LogP contribution in [-0.4, -0.2) is 24.1 Å². The zero-order chi connectivity index (χ0) is 17.0. The van der Waals surface area contributed by atoms with Crippen LogP contribution in [0.4, 0.5) is 5.69 Å². The molecule has 0 unspecified atom stereocenters. The minimum atomic E-state index is -0.516. The SMILES string of the molecule is CCc1ccc(O)c(C(=O)Nc2ccc(C(=O)OC)cc2Cl)c1. The topological polar surface area (TPSA) is 75.6 Å². The Hall–Kier alpha value is -2.53. The van der Waals surface area contributed by atoms with Crippen molar-refractivity contribution in [3.05, 3.63) is 58.1 Å². The number of phenols is 1. The molecule has 0 radical (unpaired) electrons. The van der Waals surface area contributed by atoms with E-state index in [4.69, 9.17) is 11.6 Å². The number of ether oxygens (including phenoxy) is 1. The van der Waals surface area contributed by atoms with Crippen molar-refractivity contribution in [3.63, 3.8) is 0 Å². The fourth-order valence-corrected chi connectivity index (χ4v) is 2.26. The van der Waals surface area contributed by atoms with E-state index in [9.17, 15) is 14.7 Å². The maximum Gasteiger partial charge on any atom is 0.337 e. The van der Waals surface area contributed by atoms with Gasteiger partial charge in [0.2, 0.25) is 0 Å². The summed E-state index contributed by atoms with van der Waals surface area (Å²) >= 11 is 6.08. The lowest BCUT2D eigenvalue weighted by atomic mass is 10.1. The van der Waals surface area contributed by atoms with Crippen LogP contribution in [-0.2, 0) is 11.2 Å². The van der Waals surface area contributed by atoms with Crippen molar-refractivity contribution in [2.45, 2.75) is 13.3 Å². The molecule has 0 bridgehead atoms. The number of anilines is 1. The summed E-state index contributed by atoms with van der Waals surface area (Å²) in [6.45, 7) is 1.95. The number of carbonyl (C=O) groups excluding carboxylic acids is 2. The molecule has 0 atom stereocenters. The summed E-state index contributed by atoms with van der Waals surface area (Å²) in [7, 11) is 1.27. The first kappa shape index (κ1) is 16.8. The Balaban J connectivity index is 2.25. The van der Waals surface area contributed by atoms with Crippen LogP contribution in [0.3, 0.4) is 0 Å². The molecule has 0 spiro atoms. The van der Waals surface area contributed by atoms with E-state index in [0.29, 0.717) is 5.69 Å². The van der Waals surface area contributed by atoms with E-state index in [-0.39, 0.29) is 21.9 Å². The summed E-state index contributed by atoms with van der Waals surface area (Å²) in [5.74, 6) is -1.11. The Labute approximate surface area is 138 Å². The molecule has 0 saturated carbocycles. The van der Waals surface area contributed by atoms with Crippen molar-refractivity contribution in [2.24, 2.45) is 0 Å². The second-order valence-corrected chi connectivity index (χ2v) is 5.25. The molecule has 0 aliphatic carbocycles. The van der Waals surface area contributed by atoms with E-state index in [1.807, 2.05) is 6.92 Å². The van der Waals surface area contributed by atoms with Gasteiger partial charge >= 0.3 is 5.97 Å². The molecule has 2 rings (SSSR count). The third-order valence-corrected chi connectivity index (χ3v) is 3.66. The second kappa shape index (κ2) is 7.15. The number of hydrogen-bond acceptors (Lipinski definition) is 4. The first-order valence-corrected chi connectivity index (χ1v) is 7.35. The molecule has 0 heterocycles. The number of phenolic OH excluding ortho intramolecular Hbond substituents is 1. The van der Waals surface area contributed by atoms with Crippen LogP contribution < -0.4 is 5.32 Å². The normalized spacial score (nSPS) is 10.2. The van der Waals surface area contributed by atoms with Crippen molar-refractivity contribution in [1.29, 1.82) is 0 Å². The van der Waals surface area contributed by atoms with Gasteiger partial charge < -0.3 is 15.2 Å².